The van der Waals surface area contributed by atoms with Crippen LogP contribution in [0.15, 0.2) is 54.7 Å². The van der Waals surface area contributed by atoms with E-state index in [0.717, 1.165) is 5.56 Å². The molecule has 1 amide bonds. The average molecular weight is 376 g/mol. The van der Waals surface area contributed by atoms with E-state index < -0.39 is 5.91 Å². The van der Waals surface area contributed by atoms with Crippen molar-refractivity contribution in [2.45, 2.75) is 13.8 Å². The maximum atomic E-state index is 12.5. The number of rotatable bonds is 6. The van der Waals surface area contributed by atoms with E-state index in [4.69, 9.17) is 4.74 Å². The molecule has 0 fully saturated rings. The van der Waals surface area contributed by atoms with Crippen LogP contribution in [0.1, 0.15) is 33.3 Å². The highest BCUT2D eigenvalue weighted by Crippen LogP contribution is 2.27. The third kappa shape index (κ3) is 4.50. The van der Waals surface area contributed by atoms with E-state index in [2.05, 4.69) is 20.6 Å². The number of anilines is 3. The van der Waals surface area contributed by atoms with Crippen LogP contribution in [0.25, 0.3) is 0 Å². The van der Waals surface area contributed by atoms with Crippen LogP contribution in [0.3, 0.4) is 0 Å². The summed E-state index contributed by atoms with van der Waals surface area (Å²) in [6.07, 6.45) is 1.50. The van der Waals surface area contributed by atoms with Gasteiger partial charge in [0, 0.05) is 17.4 Å². The fourth-order valence-corrected chi connectivity index (χ4v) is 2.60. The second-order valence-electron chi connectivity index (χ2n) is 6.19. The van der Waals surface area contributed by atoms with Gasteiger partial charge in [0.15, 0.2) is 5.78 Å². The van der Waals surface area contributed by atoms with Crippen molar-refractivity contribution in [3.05, 3.63) is 71.5 Å². The van der Waals surface area contributed by atoms with E-state index in [1.54, 1.807) is 31.4 Å². The lowest BCUT2D eigenvalue weighted by Gasteiger charge is -2.11. The maximum absolute atomic E-state index is 12.5. The third-order valence-electron chi connectivity index (χ3n) is 4.02. The Bertz CT molecular complexity index is 1030. The molecule has 1 aromatic heterocycles. The molecule has 7 nitrogen and oxygen atoms in total. The number of hydrogen-bond donors (Lipinski definition) is 2. The minimum absolute atomic E-state index is 0.0725. The Morgan fingerprint density at radius 3 is 2.64 bits per heavy atom. The van der Waals surface area contributed by atoms with Crippen molar-refractivity contribution < 1.29 is 14.3 Å². The first-order valence-electron chi connectivity index (χ1n) is 8.63. The van der Waals surface area contributed by atoms with Gasteiger partial charge in [-0.15, -0.1) is 0 Å². The van der Waals surface area contributed by atoms with Gasteiger partial charge in [0.2, 0.25) is 5.95 Å². The predicted octanol–water partition coefficient (Wildman–Crippen LogP) is 3.99. The number of aromatic nitrogens is 2. The van der Waals surface area contributed by atoms with Gasteiger partial charge in [0.05, 0.1) is 12.8 Å². The lowest BCUT2D eigenvalue weighted by atomic mass is 10.1. The number of ketones is 1. The minimum atomic E-state index is -0.401. The number of hydrogen-bond acceptors (Lipinski definition) is 6. The summed E-state index contributed by atoms with van der Waals surface area (Å²) in [6, 6.07) is 13.9. The molecule has 0 aliphatic rings. The monoisotopic (exact) mass is 376 g/mol. The summed E-state index contributed by atoms with van der Waals surface area (Å²) in [4.78, 5) is 32.5. The molecule has 0 radical (unpaired) electrons. The number of methoxy groups -OCH3 is 1. The lowest BCUT2D eigenvalue weighted by Crippen LogP contribution is -2.15. The second kappa shape index (κ2) is 8.30. The van der Waals surface area contributed by atoms with E-state index in [9.17, 15) is 9.59 Å². The molecule has 3 aromatic rings. The van der Waals surface area contributed by atoms with Gasteiger partial charge in [0.25, 0.3) is 5.91 Å². The molecule has 0 aliphatic carbocycles. The highest BCUT2D eigenvalue weighted by Gasteiger charge is 2.12. The maximum Gasteiger partial charge on any atom is 0.274 e. The standard InChI is InChI=1S/C21H20N4O3/c1-13-7-8-19(28-3)18(11-13)25-21-22-10-9-17(24-21)20(27)23-16-6-4-5-15(12-16)14(2)26/h4-12H,1-3H3,(H,23,27)(H,22,24,25). The van der Waals surface area contributed by atoms with Crippen molar-refractivity contribution in [1.82, 2.24) is 9.97 Å². The average Bonchev–Trinajstić information content (AvgIpc) is 2.68. The normalized spacial score (nSPS) is 10.2. The molecule has 7 heteroatoms. The van der Waals surface area contributed by atoms with Crippen molar-refractivity contribution in [3.8, 4) is 5.75 Å². The largest absolute Gasteiger partial charge is 0.495 e. The highest BCUT2D eigenvalue weighted by molar-refractivity contribution is 6.04. The smallest absolute Gasteiger partial charge is 0.274 e. The molecule has 1 heterocycles. The summed E-state index contributed by atoms with van der Waals surface area (Å²) in [5.41, 5.74) is 2.98. The number of Topliss-reactive ketones (excluding diaryl/α,β-unsaturated/α-hetero) is 1. The number of carbonyl (C=O) groups excluding carboxylic acids is 2. The van der Waals surface area contributed by atoms with Gasteiger partial charge in [-0.25, -0.2) is 9.97 Å². The van der Waals surface area contributed by atoms with Crippen LogP contribution in [0.5, 0.6) is 5.75 Å². The summed E-state index contributed by atoms with van der Waals surface area (Å²) in [7, 11) is 1.58. The van der Waals surface area contributed by atoms with Gasteiger partial charge < -0.3 is 15.4 Å². The Hall–Kier alpha value is -3.74. The fraction of sp³-hybridized carbons (Fsp3) is 0.143. The quantitative estimate of drug-likeness (QED) is 0.632. The summed E-state index contributed by atoms with van der Waals surface area (Å²) < 4.78 is 5.33. The topological polar surface area (TPSA) is 93.2 Å². The van der Waals surface area contributed by atoms with Crippen molar-refractivity contribution >= 4 is 29.0 Å². The lowest BCUT2D eigenvalue weighted by molar-refractivity contribution is 0.100. The van der Waals surface area contributed by atoms with Crippen molar-refractivity contribution in [2.75, 3.05) is 17.7 Å². The SMILES string of the molecule is COc1ccc(C)cc1Nc1nccc(C(=O)Nc2cccc(C(C)=O)c2)n1. The zero-order valence-electron chi connectivity index (χ0n) is 15.8. The number of aryl methyl sites for hydroxylation is 1. The Balaban J connectivity index is 1.79. The molecule has 0 aliphatic heterocycles. The molecular weight excluding hydrogens is 356 g/mol. The number of carbonyl (C=O) groups is 2. The number of nitrogens with zero attached hydrogens (tertiary/aromatic N) is 2. The second-order valence-corrected chi connectivity index (χ2v) is 6.19. The Morgan fingerprint density at radius 2 is 1.89 bits per heavy atom. The van der Waals surface area contributed by atoms with Gasteiger partial charge in [-0.05, 0) is 49.7 Å². The summed E-state index contributed by atoms with van der Waals surface area (Å²) in [6.45, 7) is 3.44. The number of amides is 1. The Kier molecular flexibility index (Phi) is 5.64. The van der Waals surface area contributed by atoms with Gasteiger partial charge >= 0.3 is 0 Å². The van der Waals surface area contributed by atoms with Crippen LogP contribution in [0.2, 0.25) is 0 Å². The van der Waals surface area contributed by atoms with Crippen LogP contribution in [-0.4, -0.2) is 28.8 Å². The van der Waals surface area contributed by atoms with Crippen LogP contribution in [-0.2, 0) is 0 Å². The molecule has 0 saturated carbocycles. The molecule has 3 rings (SSSR count). The van der Waals surface area contributed by atoms with E-state index in [1.807, 2.05) is 25.1 Å². The predicted molar refractivity (Wildman–Crippen MR) is 107 cm³/mol. The number of nitrogens with one attached hydrogen (secondary N) is 2. The van der Waals surface area contributed by atoms with Gasteiger partial charge in [-0.1, -0.05) is 18.2 Å². The molecule has 0 bridgehead atoms. The fourth-order valence-electron chi connectivity index (χ4n) is 2.60. The Morgan fingerprint density at radius 1 is 1.07 bits per heavy atom. The summed E-state index contributed by atoms with van der Waals surface area (Å²) in [5.74, 6) is 0.443. The van der Waals surface area contributed by atoms with Crippen LogP contribution < -0.4 is 15.4 Å². The zero-order chi connectivity index (χ0) is 20.1. The summed E-state index contributed by atoms with van der Waals surface area (Å²) in [5, 5.41) is 5.82. The molecule has 2 N–H and O–H groups in total. The molecule has 0 saturated heterocycles. The first kappa shape index (κ1) is 19.0. The highest BCUT2D eigenvalue weighted by atomic mass is 16.5. The van der Waals surface area contributed by atoms with Crippen molar-refractivity contribution in [2.24, 2.45) is 0 Å². The minimum Gasteiger partial charge on any atom is -0.495 e. The molecule has 28 heavy (non-hydrogen) atoms. The first-order chi connectivity index (χ1) is 13.5. The van der Waals surface area contributed by atoms with Gasteiger partial charge in [-0.3, -0.25) is 9.59 Å². The zero-order valence-corrected chi connectivity index (χ0v) is 15.8. The van der Waals surface area contributed by atoms with Gasteiger partial charge in [-0.2, -0.15) is 0 Å². The first-order valence-corrected chi connectivity index (χ1v) is 8.63. The van der Waals surface area contributed by atoms with E-state index >= 15 is 0 Å². The Labute approximate surface area is 162 Å². The molecular formula is C21H20N4O3. The van der Waals surface area contributed by atoms with Crippen LogP contribution >= 0.6 is 0 Å². The molecule has 0 unspecified atom stereocenters. The molecule has 0 atom stereocenters. The van der Waals surface area contributed by atoms with Gasteiger partial charge in [0.1, 0.15) is 11.4 Å². The number of benzene rings is 2. The van der Waals surface area contributed by atoms with E-state index in [1.165, 1.54) is 19.2 Å². The number of ether oxygens (including phenoxy) is 1. The molecule has 2 aromatic carbocycles. The van der Waals surface area contributed by atoms with Crippen LogP contribution in [0.4, 0.5) is 17.3 Å². The molecule has 0 spiro atoms. The van der Waals surface area contributed by atoms with E-state index in [-0.39, 0.29) is 17.4 Å². The third-order valence-corrected chi connectivity index (χ3v) is 4.02. The van der Waals surface area contributed by atoms with Crippen LogP contribution in [0, 0.1) is 6.92 Å². The van der Waals surface area contributed by atoms with E-state index in [0.29, 0.717) is 22.7 Å². The summed E-state index contributed by atoms with van der Waals surface area (Å²) >= 11 is 0. The van der Waals surface area contributed by atoms with Crippen molar-refractivity contribution in [1.29, 1.82) is 0 Å². The molecule has 142 valence electrons. The van der Waals surface area contributed by atoms with Crippen molar-refractivity contribution in [3.63, 3.8) is 0 Å².